The molecule has 0 radical (unpaired) electrons. The number of ether oxygens (including phenoxy) is 1. The van der Waals surface area contributed by atoms with Crippen molar-refractivity contribution in [3.8, 4) is 5.75 Å². The van der Waals surface area contributed by atoms with Crippen molar-refractivity contribution in [3.63, 3.8) is 0 Å². The molecule has 0 unspecified atom stereocenters. The minimum atomic E-state index is -0.627. The first-order valence-corrected chi connectivity index (χ1v) is 9.38. The number of anilines is 1. The van der Waals surface area contributed by atoms with Crippen molar-refractivity contribution in [1.29, 1.82) is 0 Å². The van der Waals surface area contributed by atoms with Crippen molar-refractivity contribution in [2.24, 2.45) is 0 Å². The molecule has 0 aliphatic carbocycles. The predicted molar refractivity (Wildman–Crippen MR) is 109 cm³/mol. The molecular formula is C22H20N4O4. The van der Waals surface area contributed by atoms with Crippen LogP contribution in [0, 0.1) is 0 Å². The van der Waals surface area contributed by atoms with Crippen LogP contribution in [0.3, 0.4) is 0 Å². The molecule has 1 aromatic heterocycles. The summed E-state index contributed by atoms with van der Waals surface area (Å²) in [5, 5.41) is 11.8. The fourth-order valence-corrected chi connectivity index (χ4v) is 3.37. The molecule has 2 aromatic carbocycles. The molecule has 0 fully saturated rings. The molecule has 0 saturated carbocycles. The SMILES string of the molecule is O=C(NO)c1ccc2c(c1)OC[C@H](c1ccccc1)N(C(=O)Nc1ccncc1)C2. The molecule has 30 heavy (non-hydrogen) atoms. The third-order valence-electron chi connectivity index (χ3n) is 4.92. The van der Waals surface area contributed by atoms with E-state index in [0.717, 1.165) is 11.1 Å². The molecule has 0 bridgehead atoms. The van der Waals surface area contributed by atoms with Crippen LogP contribution in [0.4, 0.5) is 10.5 Å². The second-order valence-corrected chi connectivity index (χ2v) is 6.79. The molecular weight excluding hydrogens is 384 g/mol. The maximum atomic E-state index is 13.2. The maximum absolute atomic E-state index is 13.2. The smallest absolute Gasteiger partial charge is 0.322 e. The Labute approximate surface area is 173 Å². The number of pyridine rings is 1. The topological polar surface area (TPSA) is 104 Å². The number of benzene rings is 2. The summed E-state index contributed by atoms with van der Waals surface area (Å²) in [5.41, 5.74) is 4.22. The number of nitrogens with one attached hydrogen (secondary N) is 2. The van der Waals surface area contributed by atoms with E-state index in [2.05, 4.69) is 10.3 Å². The van der Waals surface area contributed by atoms with Gasteiger partial charge in [0.05, 0.1) is 12.6 Å². The van der Waals surface area contributed by atoms with Gasteiger partial charge in [-0.05, 0) is 29.8 Å². The first kappa shape index (κ1) is 19.4. The van der Waals surface area contributed by atoms with Gasteiger partial charge in [0.2, 0.25) is 0 Å². The highest BCUT2D eigenvalue weighted by molar-refractivity contribution is 5.94. The third kappa shape index (κ3) is 4.08. The second kappa shape index (κ2) is 8.62. The number of rotatable bonds is 3. The Morgan fingerprint density at radius 1 is 1.07 bits per heavy atom. The monoisotopic (exact) mass is 404 g/mol. The molecule has 152 valence electrons. The number of nitrogens with zero attached hydrogens (tertiary/aromatic N) is 2. The summed E-state index contributed by atoms with van der Waals surface area (Å²) in [6.07, 6.45) is 3.22. The van der Waals surface area contributed by atoms with Gasteiger partial charge in [-0.25, -0.2) is 10.3 Å². The van der Waals surface area contributed by atoms with Crippen LogP contribution in [-0.4, -0.2) is 33.6 Å². The Morgan fingerprint density at radius 2 is 1.83 bits per heavy atom. The largest absolute Gasteiger partial charge is 0.491 e. The first-order chi connectivity index (χ1) is 14.7. The minimum Gasteiger partial charge on any atom is -0.491 e. The Bertz CT molecular complexity index is 1040. The molecule has 3 aromatic rings. The van der Waals surface area contributed by atoms with Gasteiger partial charge in [0.15, 0.2) is 0 Å². The van der Waals surface area contributed by atoms with Crippen molar-refractivity contribution in [1.82, 2.24) is 15.4 Å². The zero-order chi connectivity index (χ0) is 20.9. The highest BCUT2D eigenvalue weighted by Crippen LogP contribution is 2.32. The number of aromatic nitrogens is 1. The summed E-state index contributed by atoms with van der Waals surface area (Å²) in [6, 6.07) is 17.3. The highest BCUT2D eigenvalue weighted by atomic mass is 16.5. The average Bonchev–Trinajstić information content (AvgIpc) is 2.99. The predicted octanol–water partition coefficient (Wildman–Crippen LogP) is 3.37. The number of hydrogen-bond acceptors (Lipinski definition) is 5. The molecule has 2 heterocycles. The summed E-state index contributed by atoms with van der Waals surface area (Å²) < 4.78 is 5.99. The maximum Gasteiger partial charge on any atom is 0.322 e. The molecule has 8 nitrogen and oxygen atoms in total. The Kier molecular flexibility index (Phi) is 5.58. The van der Waals surface area contributed by atoms with Gasteiger partial charge in [0.1, 0.15) is 12.4 Å². The van der Waals surface area contributed by atoms with Crippen molar-refractivity contribution in [3.05, 3.63) is 89.7 Å². The molecule has 8 heteroatoms. The Hall–Kier alpha value is -3.91. The van der Waals surface area contributed by atoms with E-state index in [9.17, 15) is 9.59 Å². The van der Waals surface area contributed by atoms with Gasteiger partial charge < -0.3 is 15.0 Å². The zero-order valence-corrected chi connectivity index (χ0v) is 16.0. The Morgan fingerprint density at radius 3 is 2.57 bits per heavy atom. The highest BCUT2D eigenvalue weighted by Gasteiger charge is 2.30. The number of amides is 3. The number of carbonyl (C=O) groups excluding carboxylic acids is 2. The van der Waals surface area contributed by atoms with Gasteiger partial charge >= 0.3 is 6.03 Å². The first-order valence-electron chi connectivity index (χ1n) is 9.38. The molecule has 4 rings (SSSR count). The van der Waals surface area contributed by atoms with Crippen LogP contribution in [0.2, 0.25) is 0 Å². The third-order valence-corrected chi connectivity index (χ3v) is 4.92. The summed E-state index contributed by atoms with van der Waals surface area (Å²) in [5.74, 6) is -0.131. The zero-order valence-electron chi connectivity index (χ0n) is 16.0. The lowest BCUT2D eigenvalue weighted by Gasteiger charge is -2.29. The summed E-state index contributed by atoms with van der Waals surface area (Å²) >= 11 is 0. The van der Waals surface area contributed by atoms with Crippen LogP contribution in [0.5, 0.6) is 5.75 Å². The summed E-state index contributed by atoms with van der Waals surface area (Å²) in [6.45, 7) is 0.498. The number of carbonyl (C=O) groups is 2. The van der Waals surface area contributed by atoms with Gasteiger partial charge in [-0.15, -0.1) is 0 Å². The number of hydroxylamine groups is 1. The van der Waals surface area contributed by atoms with Crippen molar-refractivity contribution >= 4 is 17.6 Å². The lowest BCUT2D eigenvalue weighted by Crippen LogP contribution is -2.38. The van der Waals surface area contributed by atoms with E-state index in [1.165, 1.54) is 0 Å². The van der Waals surface area contributed by atoms with E-state index in [0.29, 0.717) is 11.4 Å². The number of hydrogen-bond donors (Lipinski definition) is 3. The average molecular weight is 404 g/mol. The normalized spacial score (nSPS) is 15.4. The molecule has 1 aliphatic heterocycles. The number of fused-ring (bicyclic) bond motifs is 1. The number of urea groups is 1. The molecule has 0 spiro atoms. The molecule has 0 saturated heterocycles. The van der Waals surface area contributed by atoms with Crippen LogP contribution in [0.25, 0.3) is 0 Å². The fourth-order valence-electron chi connectivity index (χ4n) is 3.37. The van der Waals surface area contributed by atoms with Gasteiger partial charge in [0, 0.05) is 29.2 Å². The van der Waals surface area contributed by atoms with Crippen LogP contribution < -0.4 is 15.5 Å². The van der Waals surface area contributed by atoms with E-state index < -0.39 is 5.91 Å². The van der Waals surface area contributed by atoms with Crippen molar-refractivity contribution in [2.75, 3.05) is 11.9 Å². The molecule has 1 aliphatic rings. The molecule has 3 N–H and O–H groups in total. The molecule has 1 atom stereocenters. The van der Waals surface area contributed by atoms with E-state index >= 15 is 0 Å². The van der Waals surface area contributed by atoms with Gasteiger partial charge in [-0.2, -0.15) is 0 Å². The quantitative estimate of drug-likeness (QED) is 0.459. The lowest BCUT2D eigenvalue weighted by molar-refractivity contribution is 0.0706. The lowest BCUT2D eigenvalue weighted by atomic mass is 10.1. The Balaban J connectivity index is 1.67. The standard InChI is InChI=1S/C22H20N4O4/c27-21(25-29)16-6-7-17-13-26(22(28)24-18-8-10-23-11-9-18)19(14-30-20(17)12-16)15-4-2-1-3-5-15/h1-12,19,29H,13-14H2,(H,25,27)(H,23,24,28)/t19-/m1/s1. The minimum absolute atomic E-state index is 0.213. The van der Waals surface area contributed by atoms with E-state index in [1.54, 1.807) is 53.1 Å². The van der Waals surface area contributed by atoms with Crippen LogP contribution in [0.15, 0.2) is 73.1 Å². The van der Waals surface area contributed by atoms with Crippen molar-refractivity contribution < 1.29 is 19.5 Å². The fraction of sp³-hybridized carbons (Fsp3) is 0.136. The summed E-state index contributed by atoms with van der Waals surface area (Å²) in [7, 11) is 0. The van der Waals surface area contributed by atoms with Gasteiger partial charge in [-0.3, -0.25) is 15.0 Å². The van der Waals surface area contributed by atoms with Crippen molar-refractivity contribution in [2.45, 2.75) is 12.6 Å². The summed E-state index contributed by atoms with van der Waals surface area (Å²) in [4.78, 5) is 30.6. The van der Waals surface area contributed by atoms with Gasteiger partial charge in [0.25, 0.3) is 5.91 Å². The van der Waals surface area contributed by atoms with Crippen LogP contribution >= 0.6 is 0 Å². The van der Waals surface area contributed by atoms with E-state index in [1.807, 2.05) is 30.3 Å². The van der Waals surface area contributed by atoms with E-state index in [-0.39, 0.29) is 30.8 Å². The second-order valence-electron chi connectivity index (χ2n) is 6.79. The van der Waals surface area contributed by atoms with Gasteiger partial charge in [-0.1, -0.05) is 36.4 Å². The van der Waals surface area contributed by atoms with Crippen LogP contribution in [0.1, 0.15) is 27.5 Å². The van der Waals surface area contributed by atoms with E-state index in [4.69, 9.17) is 9.94 Å². The van der Waals surface area contributed by atoms with Crippen LogP contribution in [-0.2, 0) is 6.54 Å². The molecule has 3 amide bonds.